The van der Waals surface area contributed by atoms with E-state index < -0.39 is 4.92 Å². The number of nitro benzene ring substituents is 1. The van der Waals surface area contributed by atoms with Gasteiger partial charge in [0, 0.05) is 34.4 Å². The lowest BCUT2D eigenvalue weighted by Gasteiger charge is -2.18. The fourth-order valence-corrected chi connectivity index (χ4v) is 3.24. The number of carbonyl (C=O) groups excluding carboxylic acids is 1. The number of carbonyl (C=O) groups is 1. The van der Waals surface area contributed by atoms with E-state index in [0.717, 1.165) is 5.56 Å². The Balaban J connectivity index is 1.85. The van der Waals surface area contributed by atoms with E-state index in [1.807, 2.05) is 0 Å². The largest absolute Gasteiger partial charge is 0.312 e. The summed E-state index contributed by atoms with van der Waals surface area (Å²) in [6, 6.07) is 9.65. The van der Waals surface area contributed by atoms with Crippen molar-refractivity contribution in [3.63, 3.8) is 0 Å². The number of nitrogens with zero attached hydrogens (tertiary/aromatic N) is 2. The summed E-state index contributed by atoms with van der Waals surface area (Å²) in [5.74, 6) is -0.132. The van der Waals surface area contributed by atoms with Gasteiger partial charge in [-0.25, -0.2) is 0 Å². The Morgan fingerprint density at radius 3 is 2.57 bits per heavy atom. The number of benzene rings is 2. The lowest BCUT2D eigenvalue weighted by Crippen LogP contribution is -2.30. The number of anilines is 1. The van der Waals surface area contributed by atoms with Crippen molar-refractivity contribution >= 4 is 40.5 Å². The minimum Gasteiger partial charge on any atom is -0.312 e. The summed E-state index contributed by atoms with van der Waals surface area (Å²) in [7, 11) is 0. The minimum atomic E-state index is -0.436. The van der Waals surface area contributed by atoms with Gasteiger partial charge in [0.05, 0.1) is 11.3 Å². The summed E-state index contributed by atoms with van der Waals surface area (Å²) in [6.45, 7) is 0.497. The van der Waals surface area contributed by atoms with Gasteiger partial charge < -0.3 is 4.90 Å². The number of non-ortho nitro benzene ring substituents is 1. The summed E-state index contributed by atoms with van der Waals surface area (Å²) in [5.41, 5.74) is 2.14. The molecule has 0 saturated heterocycles. The van der Waals surface area contributed by atoms with Crippen LogP contribution in [-0.2, 0) is 17.6 Å². The lowest BCUT2D eigenvalue weighted by atomic mass is 10.1. The molecule has 1 amide bonds. The van der Waals surface area contributed by atoms with E-state index >= 15 is 0 Å². The zero-order valence-corrected chi connectivity index (χ0v) is 13.5. The van der Waals surface area contributed by atoms with Crippen molar-refractivity contribution in [3.05, 3.63) is 67.7 Å². The van der Waals surface area contributed by atoms with Crippen molar-refractivity contribution in [2.45, 2.75) is 12.8 Å². The molecule has 2 aromatic carbocycles. The van der Waals surface area contributed by atoms with Crippen molar-refractivity contribution in [2.75, 3.05) is 11.4 Å². The van der Waals surface area contributed by atoms with Crippen LogP contribution < -0.4 is 4.90 Å². The van der Waals surface area contributed by atoms with Crippen molar-refractivity contribution in [1.29, 1.82) is 0 Å². The van der Waals surface area contributed by atoms with Crippen LogP contribution in [-0.4, -0.2) is 17.4 Å². The Labute approximate surface area is 142 Å². The Kier molecular flexibility index (Phi) is 4.24. The first-order chi connectivity index (χ1) is 11.0. The smallest absolute Gasteiger partial charge is 0.269 e. The van der Waals surface area contributed by atoms with Gasteiger partial charge in [0.25, 0.3) is 5.69 Å². The highest BCUT2D eigenvalue weighted by atomic mass is 35.5. The average Bonchev–Trinajstić information content (AvgIpc) is 2.94. The van der Waals surface area contributed by atoms with Crippen molar-refractivity contribution in [3.8, 4) is 0 Å². The third-order valence-corrected chi connectivity index (χ3v) is 4.57. The van der Waals surface area contributed by atoms with Gasteiger partial charge in [-0.2, -0.15) is 0 Å². The Morgan fingerprint density at radius 2 is 1.91 bits per heavy atom. The predicted molar refractivity (Wildman–Crippen MR) is 89.3 cm³/mol. The van der Waals surface area contributed by atoms with Gasteiger partial charge in [-0.15, -0.1) is 0 Å². The molecule has 0 saturated carbocycles. The highest BCUT2D eigenvalue weighted by Crippen LogP contribution is 2.32. The number of rotatable bonds is 3. The molecule has 118 valence electrons. The molecule has 1 aliphatic rings. The second kappa shape index (κ2) is 6.18. The summed E-state index contributed by atoms with van der Waals surface area (Å²) in [6.07, 6.45) is 0.688. The second-order valence-corrected chi connectivity index (χ2v) is 6.06. The number of fused-ring (bicyclic) bond motifs is 1. The van der Waals surface area contributed by atoms with Crippen LogP contribution in [0.4, 0.5) is 11.4 Å². The standard InChI is InChI=1S/C16H12Cl2N2O3/c17-13-2-1-3-14(18)12(13)9-16(21)19-7-6-10-8-11(20(22)23)4-5-15(10)19/h1-5,8H,6-7,9H2. The fourth-order valence-electron chi connectivity index (χ4n) is 2.71. The quantitative estimate of drug-likeness (QED) is 0.619. The average molecular weight is 351 g/mol. The number of hydrogen-bond donors (Lipinski definition) is 0. The highest BCUT2D eigenvalue weighted by Gasteiger charge is 2.27. The second-order valence-electron chi connectivity index (χ2n) is 5.24. The molecule has 2 aromatic rings. The first-order valence-electron chi connectivity index (χ1n) is 6.98. The molecular formula is C16H12Cl2N2O3. The predicted octanol–water partition coefficient (Wildman–Crippen LogP) is 4.03. The van der Waals surface area contributed by atoms with Crippen molar-refractivity contribution < 1.29 is 9.72 Å². The van der Waals surface area contributed by atoms with Crippen LogP contribution in [0.1, 0.15) is 11.1 Å². The number of halogens is 2. The molecular weight excluding hydrogens is 339 g/mol. The van der Waals surface area contributed by atoms with Gasteiger partial charge in [0.2, 0.25) is 5.91 Å². The maximum Gasteiger partial charge on any atom is 0.269 e. The number of nitro groups is 1. The van der Waals surface area contributed by atoms with Gasteiger partial charge in [0.1, 0.15) is 0 Å². The molecule has 0 radical (unpaired) electrons. The van der Waals surface area contributed by atoms with Crippen LogP contribution in [0.5, 0.6) is 0 Å². The molecule has 0 bridgehead atoms. The molecule has 1 heterocycles. The molecule has 0 N–H and O–H groups in total. The van der Waals surface area contributed by atoms with E-state index in [1.165, 1.54) is 12.1 Å². The normalized spacial score (nSPS) is 13.0. The van der Waals surface area contributed by atoms with Crippen LogP contribution in [0, 0.1) is 10.1 Å². The van der Waals surface area contributed by atoms with Gasteiger partial charge >= 0.3 is 0 Å². The van der Waals surface area contributed by atoms with E-state index in [-0.39, 0.29) is 18.0 Å². The van der Waals surface area contributed by atoms with Crippen LogP contribution in [0.15, 0.2) is 36.4 Å². The minimum absolute atomic E-state index is 0.0344. The first kappa shape index (κ1) is 15.8. The molecule has 23 heavy (non-hydrogen) atoms. The molecule has 7 heteroatoms. The molecule has 5 nitrogen and oxygen atoms in total. The van der Waals surface area contributed by atoms with Crippen LogP contribution >= 0.6 is 23.2 Å². The van der Waals surface area contributed by atoms with E-state index in [0.29, 0.717) is 34.3 Å². The van der Waals surface area contributed by atoms with Crippen LogP contribution in [0.2, 0.25) is 10.0 Å². The van der Waals surface area contributed by atoms with Crippen molar-refractivity contribution in [2.24, 2.45) is 0 Å². The first-order valence-corrected chi connectivity index (χ1v) is 7.73. The summed E-state index contributed by atoms with van der Waals surface area (Å²) < 4.78 is 0. The van der Waals surface area contributed by atoms with E-state index in [9.17, 15) is 14.9 Å². The zero-order valence-electron chi connectivity index (χ0n) is 12.0. The highest BCUT2D eigenvalue weighted by molar-refractivity contribution is 6.36. The van der Waals surface area contributed by atoms with Crippen molar-refractivity contribution in [1.82, 2.24) is 0 Å². The van der Waals surface area contributed by atoms with Gasteiger partial charge in [-0.3, -0.25) is 14.9 Å². The maximum atomic E-state index is 12.6. The Morgan fingerprint density at radius 1 is 1.22 bits per heavy atom. The molecule has 3 rings (SSSR count). The molecule has 0 unspecified atom stereocenters. The Hall–Kier alpha value is -2.11. The van der Waals surface area contributed by atoms with E-state index in [2.05, 4.69) is 0 Å². The maximum absolute atomic E-state index is 12.6. The topological polar surface area (TPSA) is 63.5 Å². The number of amides is 1. The molecule has 0 atom stereocenters. The molecule has 0 spiro atoms. The zero-order chi connectivity index (χ0) is 16.6. The monoisotopic (exact) mass is 350 g/mol. The summed E-state index contributed by atoms with van der Waals surface area (Å²) >= 11 is 12.2. The van der Waals surface area contributed by atoms with Crippen LogP contribution in [0.3, 0.4) is 0 Å². The van der Waals surface area contributed by atoms with Crippen LogP contribution in [0.25, 0.3) is 0 Å². The molecule has 1 aliphatic heterocycles. The SMILES string of the molecule is O=C(Cc1c(Cl)cccc1Cl)N1CCc2cc([N+](=O)[O-])ccc21. The fraction of sp³-hybridized carbons (Fsp3) is 0.188. The third-order valence-electron chi connectivity index (χ3n) is 3.86. The van der Waals surface area contributed by atoms with Gasteiger partial charge in [0.15, 0.2) is 0 Å². The molecule has 0 fully saturated rings. The molecule has 0 aromatic heterocycles. The summed E-state index contributed by atoms with van der Waals surface area (Å²) in [5, 5.41) is 11.7. The van der Waals surface area contributed by atoms with E-state index in [1.54, 1.807) is 29.2 Å². The van der Waals surface area contributed by atoms with Gasteiger partial charge in [-0.05, 0) is 35.7 Å². The van der Waals surface area contributed by atoms with E-state index in [4.69, 9.17) is 23.2 Å². The number of hydrogen-bond acceptors (Lipinski definition) is 3. The summed E-state index contributed by atoms with van der Waals surface area (Å²) in [4.78, 5) is 24.6. The molecule has 0 aliphatic carbocycles. The van der Waals surface area contributed by atoms with Gasteiger partial charge in [-0.1, -0.05) is 29.3 Å². The third kappa shape index (κ3) is 3.02. The Bertz CT molecular complexity index is 788. The lowest BCUT2D eigenvalue weighted by molar-refractivity contribution is -0.384.